The Morgan fingerprint density at radius 2 is 2.10 bits per heavy atom. The zero-order chi connectivity index (χ0) is 14.8. The molecule has 0 radical (unpaired) electrons. The van der Waals surface area contributed by atoms with Crippen molar-refractivity contribution in [1.82, 2.24) is 4.98 Å². The molecule has 1 fully saturated rings. The number of nitrogens with zero attached hydrogens (tertiary/aromatic N) is 2. The van der Waals surface area contributed by atoms with Crippen molar-refractivity contribution in [2.75, 3.05) is 11.4 Å². The summed E-state index contributed by atoms with van der Waals surface area (Å²) in [5.74, 6) is -0.282. The molecule has 2 aromatic rings. The fraction of sp³-hybridized carbons (Fsp3) is 0.412. The normalized spacial score (nSPS) is 19.5. The van der Waals surface area contributed by atoms with Crippen molar-refractivity contribution < 1.29 is 9.90 Å². The van der Waals surface area contributed by atoms with Gasteiger partial charge >= 0.3 is 5.97 Å². The second kappa shape index (κ2) is 5.72. The van der Waals surface area contributed by atoms with Gasteiger partial charge in [0.25, 0.3) is 0 Å². The van der Waals surface area contributed by atoms with Crippen LogP contribution in [0.1, 0.15) is 43.0 Å². The van der Waals surface area contributed by atoms with Crippen molar-refractivity contribution in [3.05, 3.63) is 35.9 Å². The van der Waals surface area contributed by atoms with Crippen LogP contribution in [0.15, 0.2) is 30.3 Å². The van der Waals surface area contributed by atoms with Gasteiger partial charge in [-0.3, -0.25) is 0 Å². The van der Waals surface area contributed by atoms with Crippen molar-refractivity contribution in [2.24, 2.45) is 0 Å². The van der Waals surface area contributed by atoms with Gasteiger partial charge in [-0.2, -0.15) is 0 Å². The second-order valence-electron chi connectivity index (χ2n) is 5.75. The highest BCUT2D eigenvalue weighted by molar-refractivity contribution is 5.98. The average Bonchev–Trinajstić information content (AvgIpc) is 2.70. The summed E-state index contributed by atoms with van der Waals surface area (Å²) in [6, 6.07) is 9.77. The molecule has 0 spiro atoms. The van der Waals surface area contributed by atoms with Gasteiger partial charge in [-0.1, -0.05) is 31.0 Å². The molecule has 1 aromatic carbocycles. The molecule has 1 unspecified atom stereocenters. The first-order chi connectivity index (χ1) is 10.2. The summed E-state index contributed by atoms with van der Waals surface area (Å²) in [7, 11) is 0. The molecule has 3 rings (SSSR count). The van der Waals surface area contributed by atoms with Crippen LogP contribution in [-0.2, 0) is 0 Å². The molecule has 1 aliphatic heterocycles. The van der Waals surface area contributed by atoms with E-state index in [9.17, 15) is 9.90 Å². The van der Waals surface area contributed by atoms with Gasteiger partial charge < -0.3 is 10.0 Å². The number of rotatable bonds is 2. The van der Waals surface area contributed by atoms with Crippen molar-refractivity contribution in [3.63, 3.8) is 0 Å². The molecule has 110 valence electrons. The summed E-state index contributed by atoms with van der Waals surface area (Å²) in [6.45, 7) is 3.04. The Morgan fingerprint density at radius 1 is 1.29 bits per heavy atom. The Bertz CT molecular complexity index is 669. The van der Waals surface area contributed by atoms with Gasteiger partial charge in [0, 0.05) is 18.0 Å². The first-order valence-corrected chi connectivity index (χ1v) is 7.56. The molecule has 1 aliphatic rings. The van der Waals surface area contributed by atoms with Crippen LogP contribution in [0.25, 0.3) is 10.9 Å². The van der Waals surface area contributed by atoms with Crippen LogP contribution in [-0.4, -0.2) is 28.6 Å². The summed E-state index contributed by atoms with van der Waals surface area (Å²) in [4.78, 5) is 18.5. The van der Waals surface area contributed by atoms with Gasteiger partial charge in [-0.25, -0.2) is 9.78 Å². The Morgan fingerprint density at radius 3 is 2.90 bits per heavy atom. The minimum Gasteiger partial charge on any atom is -0.478 e. The van der Waals surface area contributed by atoms with E-state index in [1.165, 1.54) is 12.8 Å². The number of benzene rings is 1. The zero-order valence-corrected chi connectivity index (χ0v) is 12.2. The maximum Gasteiger partial charge on any atom is 0.339 e. The molecule has 0 saturated carbocycles. The number of carboxylic acids is 1. The summed E-state index contributed by atoms with van der Waals surface area (Å²) < 4.78 is 0. The molecule has 4 nitrogen and oxygen atoms in total. The Kier molecular flexibility index (Phi) is 3.78. The maximum atomic E-state index is 11.6. The van der Waals surface area contributed by atoms with Crippen molar-refractivity contribution in [2.45, 2.75) is 38.6 Å². The number of aromatic carboxylic acids is 1. The van der Waals surface area contributed by atoms with Gasteiger partial charge in [0.15, 0.2) is 0 Å². The number of hydrogen-bond acceptors (Lipinski definition) is 3. The van der Waals surface area contributed by atoms with E-state index in [0.29, 0.717) is 17.4 Å². The van der Waals surface area contributed by atoms with Gasteiger partial charge in [0.2, 0.25) is 0 Å². The lowest BCUT2D eigenvalue weighted by Crippen LogP contribution is -2.34. The van der Waals surface area contributed by atoms with E-state index in [-0.39, 0.29) is 0 Å². The average molecular weight is 284 g/mol. The van der Waals surface area contributed by atoms with Crippen LogP contribution in [0.3, 0.4) is 0 Å². The summed E-state index contributed by atoms with van der Waals surface area (Å²) in [5, 5.41) is 10.4. The lowest BCUT2D eigenvalue weighted by molar-refractivity contribution is 0.0697. The van der Waals surface area contributed by atoms with Crippen LogP contribution < -0.4 is 4.90 Å². The van der Waals surface area contributed by atoms with E-state index < -0.39 is 5.97 Å². The second-order valence-corrected chi connectivity index (χ2v) is 5.75. The molecule has 2 heterocycles. The molecule has 0 bridgehead atoms. The first kappa shape index (κ1) is 13.9. The minimum atomic E-state index is -0.903. The third kappa shape index (κ3) is 2.71. The Hall–Kier alpha value is -2.10. The van der Waals surface area contributed by atoms with Crippen molar-refractivity contribution >= 4 is 22.7 Å². The number of para-hydroxylation sites is 1. The number of anilines is 1. The number of carbonyl (C=O) groups is 1. The van der Waals surface area contributed by atoms with Crippen LogP contribution in [0.5, 0.6) is 0 Å². The molecular formula is C17H20N2O2. The highest BCUT2D eigenvalue weighted by atomic mass is 16.4. The van der Waals surface area contributed by atoms with E-state index in [1.807, 2.05) is 24.3 Å². The largest absolute Gasteiger partial charge is 0.478 e. The summed E-state index contributed by atoms with van der Waals surface area (Å²) in [6.07, 6.45) is 4.59. The molecule has 1 saturated heterocycles. The number of fused-ring (bicyclic) bond motifs is 1. The molecule has 0 amide bonds. The third-order valence-electron chi connectivity index (χ3n) is 4.26. The third-order valence-corrected chi connectivity index (χ3v) is 4.26. The highest BCUT2D eigenvalue weighted by Crippen LogP contribution is 2.28. The molecule has 1 aromatic heterocycles. The standard InChI is InChI=1S/C17H20N2O2/c1-12-7-3-2-6-10-19(12)16-14(17(20)21)11-13-8-4-5-9-15(13)18-16/h4-5,8-9,11-12H,2-3,6-7,10H2,1H3,(H,20,21). The van der Waals surface area contributed by atoms with Gasteiger partial charge in [0.05, 0.1) is 5.52 Å². The predicted molar refractivity (Wildman–Crippen MR) is 84.0 cm³/mol. The number of hydrogen-bond donors (Lipinski definition) is 1. The summed E-state index contributed by atoms with van der Waals surface area (Å²) in [5.41, 5.74) is 1.16. The quantitative estimate of drug-likeness (QED) is 0.913. The molecule has 1 N–H and O–H groups in total. The van der Waals surface area contributed by atoms with E-state index in [1.54, 1.807) is 6.07 Å². The fourth-order valence-corrected chi connectivity index (χ4v) is 3.07. The lowest BCUT2D eigenvalue weighted by atomic mass is 10.1. The SMILES string of the molecule is CC1CCCCCN1c1nc2ccccc2cc1C(=O)O. The number of aromatic nitrogens is 1. The van der Waals surface area contributed by atoms with E-state index in [4.69, 9.17) is 0 Å². The highest BCUT2D eigenvalue weighted by Gasteiger charge is 2.24. The van der Waals surface area contributed by atoms with Crippen molar-refractivity contribution in [3.8, 4) is 0 Å². The van der Waals surface area contributed by atoms with Crippen LogP contribution in [0, 0.1) is 0 Å². The molecule has 1 atom stereocenters. The first-order valence-electron chi connectivity index (χ1n) is 7.56. The Labute approximate surface area is 124 Å². The topological polar surface area (TPSA) is 53.4 Å². The number of pyridine rings is 1. The van der Waals surface area contributed by atoms with Gasteiger partial charge in [-0.05, 0) is 31.9 Å². The van der Waals surface area contributed by atoms with Crippen LogP contribution in [0.2, 0.25) is 0 Å². The molecule has 4 heteroatoms. The summed E-state index contributed by atoms with van der Waals surface area (Å²) >= 11 is 0. The smallest absolute Gasteiger partial charge is 0.339 e. The maximum absolute atomic E-state index is 11.6. The van der Waals surface area contributed by atoms with Gasteiger partial charge in [0.1, 0.15) is 11.4 Å². The Balaban J connectivity index is 2.14. The minimum absolute atomic E-state index is 0.308. The van der Waals surface area contributed by atoms with Gasteiger partial charge in [-0.15, -0.1) is 0 Å². The van der Waals surface area contributed by atoms with Crippen LogP contribution >= 0.6 is 0 Å². The van der Waals surface area contributed by atoms with E-state index in [0.717, 1.165) is 30.3 Å². The fourth-order valence-electron chi connectivity index (χ4n) is 3.07. The molecule has 21 heavy (non-hydrogen) atoms. The van der Waals surface area contributed by atoms with Crippen molar-refractivity contribution in [1.29, 1.82) is 0 Å². The zero-order valence-electron chi connectivity index (χ0n) is 12.2. The lowest BCUT2D eigenvalue weighted by Gasteiger charge is -2.29. The predicted octanol–water partition coefficient (Wildman–Crippen LogP) is 3.70. The molecular weight excluding hydrogens is 264 g/mol. The van der Waals surface area contributed by atoms with Crippen LogP contribution in [0.4, 0.5) is 5.82 Å². The molecule has 0 aliphatic carbocycles. The van der Waals surface area contributed by atoms with E-state index >= 15 is 0 Å². The monoisotopic (exact) mass is 284 g/mol. The van der Waals surface area contributed by atoms with E-state index in [2.05, 4.69) is 16.8 Å². The number of carboxylic acid groups (broad SMARTS) is 1.